The van der Waals surface area contributed by atoms with Crippen LogP contribution >= 0.6 is 0 Å². The monoisotopic (exact) mass is 562 g/mol. The quantitative estimate of drug-likeness (QED) is 0.164. The summed E-state index contributed by atoms with van der Waals surface area (Å²) < 4.78 is 0. The number of rotatable bonds is 9. The van der Waals surface area contributed by atoms with E-state index in [1.165, 1.54) is 0 Å². The normalized spacial score (nSPS) is 10.8. The maximum absolute atomic E-state index is 4.31. The fraction of sp³-hybridized carbons (Fsp3) is 0. The third-order valence-electron chi connectivity index (χ3n) is 8.56. The van der Waals surface area contributed by atoms with Crippen molar-refractivity contribution in [3.05, 3.63) is 170 Å². The Morgan fingerprint density at radius 1 is 0.364 bits per heavy atom. The van der Waals surface area contributed by atoms with Gasteiger partial charge in [0.1, 0.15) is 0 Å². The van der Waals surface area contributed by atoms with E-state index in [-0.39, 0.29) is 0 Å². The lowest BCUT2D eigenvalue weighted by molar-refractivity contribution is 1.55. The second kappa shape index (κ2) is 11.9. The molecule has 0 radical (unpaired) electrons. The summed E-state index contributed by atoms with van der Waals surface area (Å²) in [6, 6.07) is 34.3. The molecule has 6 rings (SSSR count). The summed E-state index contributed by atoms with van der Waals surface area (Å²) in [4.78, 5) is 0. The van der Waals surface area contributed by atoms with E-state index in [4.69, 9.17) is 0 Å². The van der Waals surface area contributed by atoms with Crippen molar-refractivity contribution in [3.8, 4) is 33.4 Å². The van der Waals surface area contributed by atoms with Crippen molar-refractivity contribution in [2.45, 2.75) is 0 Å². The van der Waals surface area contributed by atoms with Crippen LogP contribution in [0.2, 0.25) is 0 Å². The van der Waals surface area contributed by atoms with Crippen LogP contribution in [0.5, 0.6) is 0 Å². The molecule has 0 heterocycles. The van der Waals surface area contributed by atoms with Crippen molar-refractivity contribution in [2.24, 2.45) is 0 Å². The van der Waals surface area contributed by atoms with Crippen LogP contribution in [0.25, 0.3) is 91.4 Å². The summed E-state index contributed by atoms with van der Waals surface area (Å²) in [5.74, 6) is 0. The van der Waals surface area contributed by atoms with E-state index in [9.17, 15) is 0 Å². The number of benzene rings is 6. The highest BCUT2D eigenvalue weighted by molar-refractivity contribution is 6.14. The smallest absolute Gasteiger partial charge is 0.00201 e. The summed E-state index contributed by atoms with van der Waals surface area (Å²) in [7, 11) is 0. The summed E-state index contributed by atoms with van der Waals surface area (Å²) in [6.07, 6.45) is 11.6. The number of fused-ring (bicyclic) bond motifs is 2. The first-order valence-electron chi connectivity index (χ1n) is 14.7. The standard InChI is InChI=1S/C44H34/c1-7-29-19-17-23-38(33(29)8-2)30-24-26-31(27-25-30)43-36(11-5)37(12-6)44(41-22-16-15-21-40(41)43)42-28-32-18-13-14-20-39(32)34(9-3)35(42)10-4/h7-28H,1-6H2. The molecule has 0 N–H and O–H groups in total. The minimum Gasteiger partial charge on any atom is -0.0984 e. The first-order valence-corrected chi connectivity index (χ1v) is 14.7. The largest absolute Gasteiger partial charge is 0.0984 e. The molecule has 0 aliphatic heterocycles. The summed E-state index contributed by atoms with van der Waals surface area (Å²) >= 11 is 0. The van der Waals surface area contributed by atoms with E-state index >= 15 is 0 Å². The first kappa shape index (κ1) is 28.4. The molecule has 0 nitrogen and oxygen atoms in total. The van der Waals surface area contributed by atoms with Crippen molar-refractivity contribution in [2.75, 3.05) is 0 Å². The average molecular weight is 563 g/mol. The lowest BCUT2D eigenvalue weighted by Crippen LogP contribution is -1.98. The molecule has 0 fully saturated rings. The van der Waals surface area contributed by atoms with E-state index in [1.54, 1.807) is 0 Å². The van der Waals surface area contributed by atoms with Crippen LogP contribution in [0, 0.1) is 0 Å². The highest BCUT2D eigenvalue weighted by Crippen LogP contribution is 2.46. The van der Waals surface area contributed by atoms with Gasteiger partial charge in [0.25, 0.3) is 0 Å². The first-order chi connectivity index (χ1) is 21.6. The van der Waals surface area contributed by atoms with Crippen LogP contribution in [-0.4, -0.2) is 0 Å². The maximum atomic E-state index is 4.31. The minimum absolute atomic E-state index is 1.04. The molecule has 210 valence electrons. The van der Waals surface area contributed by atoms with Crippen LogP contribution in [0.15, 0.2) is 137 Å². The molecule has 0 amide bonds. The Hall–Kier alpha value is -5.72. The fourth-order valence-corrected chi connectivity index (χ4v) is 6.60. The van der Waals surface area contributed by atoms with Crippen LogP contribution < -0.4 is 0 Å². The molecule has 0 saturated heterocycles. The van der Waals surface area contributed by atoms with Gasteiger partial charge in [-0.05, 0) is 94.4 Å². The Morgan fingerprint density at radius 3 is 1.52 bits per heavy atom. The van der Waals surface area contributed by atoms with Crippen molar-refractivity contribution >= 4 is 58.0 Å². The second-order valence-corrected chi connectivity index (χ2v) is 10.7. The molecule has 0 unspecified atom stereocenters. The molecule has 0 heteroatoms. The summed E-state index contributed by atoms with van der Waals surface area (Å²) in [5.41, 5.74) is 13.1. The Balaban J connectivity index is 1.65. The van der Waals surface area contributed by atoms with E-state index in [0.717, 1.165) is 88.3 Å². The fourth-order valence-electron chi connectivity index (χ4n) is 6.60. The maximum Gasteiger partial charge on any atom is -0.00201 e. The number of hydrogen-bond donors (Lipinski definition) is 0. The van der Waals surface area contributed by atoms with Crippen LogP contribution in [0.4, 0.5) is 0 Å². The average Bonchev–Trinajstić information content (AvgIpc) is 3.09. The third kappa shape index (κ3) is 4.49. The van der Waals surface area contributed by atoms with Gasteiger partial charge in [0.05, 0.1) is 0 Å². The van der Waals surface area contributed by atoms with Gasteiger partial charge in [0, 0.05) is 0 Å². The Bertz CT molecular complexity index is 2150. The van der Waals surface area contributed by atoms with Gasteiger partial charge in [-0.1, -0.05) is 167 Å². The summed E-state index contributed by atoms with van der Waals surface area (Å²) in [6.45, 7) is 25.0. The molecule has 0 aromatic heterocycles. The summed E-state index contributed by atoms with van der Waals surface area (Å²) in [5, 5.41) is 4.61. The molecule has 0 bridgehead atoms. The molecule has 0 aliphatic rings. The van der Waals surface area contributed by atoms with Crippen molar-refractivity contribution in [1.29, 1.82) is 0 Å². The molecule has 6 aromatic carbocycles. The van der Waals surface area contributed by atoms with Gasteiger partial charge in [-0.3, -0.25) is 0 Å². The van der Waals surface area contributed by atoms with Gasteiger partial charge in [-0.25, -0.2) is 0 Å². The van der Waals surface area contributed by atoms with E-state index in [2.05, 4.69) is 137 Å². The lowest BCUT2D eigenvalue weighted by Gasteiger charge is -2.22. The minimum atomic E-state index is 1.04. The predicted molar refractivity (Wildman–Crippen MR) is 198 cm³/mol. The zero-order chi connectivity index (χ0) is 30.8. The van der Waals surface area contributed by atoms with Gasteiger partial charge >= 0.3 is 0 Å². The van der Waals surface area contributed by atoms with Crippen molar-refractivity contribution in [3.63, 3.8) is 0 Å². The van der Waals surface area contributed by atoms with E-state index in [0.29, 0.717) is 0 Å². The van der Waals surface area contributed by atoms with Crippen LogP contribution in [-0.2, 0) is 0 Å². The highest BCUT2D eigenvalue weighted by Gasteiger charge is 2.21. The topological polar surface area (TPSA) is 0 Å². The van der Waals surface area contributed by atoms with Crippen molar-refractivity contribution in [1.82, 2.24) is 0 Å². The molecular weight excluding hydrogens is 528 g/mol. The van der Waals surface area contributed by atoms with E-state index in [1.807, 2.05) is 36.5 Å². The second-order valence-electron chi connectivity index (χ2n) is 10.7. The molecule has 6 aromatic rings. The Morgan fingerprint density at radius 2 is 0.909 bits per heavy atom. The number of hydrogen-bond acceptors (Lipinski definition) is 0. The Kier molecular flexibility index (Phi) is 7.67. The molecular formula is C44H34. The van der Waals surface area contributed by atoms with Gasteiger partial charge in [0.2, 0.25) is 0 Å². The zero-order valence-corrected chi connectivity index (χ0v) is 24.9. The van der Waals surface area contributed by atoms with E-state index < -0.39 is 0 Å². The van der Waals surface area contributed by atoms with Gasteiger partial charge in [-0.15, -0.1) is 0 Å². The molecule has 0 spiro atoms. The highest BCUT2D eigenvalue weighted by atomic mass is 14.2. The van der Waals surface area contributed by atoms with Crippen LogP contribution in [0.3, 0.4) is 0 Å². The lowest BCUT2D eigenvalue weighted by atomic mass is 9.80. The van der Waals surface area contributed by atoms with Gasteiger partial charge in [0.15, 0.2) is 0 Å². The molecule has 44 heavy (non-hydrogen) atoms. The SMILES string of the molecule is C=Cc1cccc(-c2ccc(-c3c(C=C)c(C=C)c(-c4cc5ccccc5c(C=C)c4C=C)c4ccccc34)cc2)c1C=C. The van der Waals surface area contributed by atoms with Crippen molar-refractivity contribution < 1.29 is 0 Å². The molecule has 0 atom stereocenters. The molecule has 0 saturated carbocycles. The third-order valence-corrected chi connectivity index (χ3v) is 8.56. The van der Waals surface area contributed by atoms with Gasteiger partial charge < -0.3 is 0 Å². The zero-order valence-electron chi connectivity index (χ0n) is 24.9. The molecule has 0 aliphatic carbocycles. The van der Waals surface area contributed by atoms with Crippen LogP contribution in [0.1, 0.15) is 33.4 Å². The Labute approximate surface area is 260 Å². The van der Waals surface area contributed by atoms with Gasteiger partial charge in [-0.2, -0.15) is 0 Å². The predicted octanol–water partition coefficient (Wildman–Crippen LogP) is 12.9.